The lowest BCUT2D eigenvalue weighted by molar-refractivity contribution is -0.385. The first kappa shape index (κ1) is 15.2. The topological polar surface area (TPSA) is 43.1 Å². The maximum Gasteiger partial charge on any atom is 0.272 e. The van der Waals surface area contributed by atoms with Crippen molar-refractivity contribution < 1.29 is 4.92 Å². The van der Waals surface area contributed by atoms with Gasteiger partial charge in [0, 0.05) is 11.6 Å². The lowest BCUT2D eigenvalue weighted by Crippen LogP contribution is -2.01. The summed E-state index contributed by atoms with van der Waals surface area (Å²) in [5.74, 6) is 0.354. The third kappa shape index (κ3) is 3.91. The smallest absolute Gasteiger partial charge is 0.258 e. The molecule has 2 rings (SSSR count). The molecule has 2 aromatic rings. The van der Waals surface area contributed by atoms with Gasteiger partial charge in [-0.25, -0.2) is 0 Å². The standard InChI is InChI=1S/C18H21NO2/c1-3-14(2)17-12-11-16(18(13-17)19(20)21)10-9-15-7-5-4-6-8-15/h4-8,11-14H,3,9-10H2,1-2H3/t14-/m0/s1. The Morgan fingerprint density at radius 3 is 2.43 bits per heavy atom. The largest absolute Gasteiger partial charge is 0.272 e. The quantitative estimate of drug-likeness (QED) is 0.559. The molecule has 3 heteroatoms. The van der Waals surface area contributed by atoms with E-state index in [0.29, 0.717) is 12.3 Å². The molecule has 21 heavy (non-hydrogen) atoms. The van der Waals surface area contributed by atoms with Gasteiger partial charge >= 0.3 is 0 Å². The SMILES string of the molecule is CC[C@H](C)c1ccc(CCc2ccccc2)c([N+](=O)[O-])c1. The van der Waals surface area contributed by atoms with Crippen LogP contribution in [0.3, 0.4) is 0 Å². The monoisotopic (exact) mass is 283 g/mol. The van der Waals surface area contributed by atoms with Crippen molar-refractivity contribution in [3.63, 3.8) is 0 Å². The Morgan fingerprint density at radius 1 is 1.10 bits per heavy atom. The van der Waals surface area contributed by atoms with Crippen LogP contribution >= 0.6 is 0 Å². The molecule has 0 aliphatic carbocycles. The molecule has 0 aromatic heterocycles. The molecule has 0 bridgehead atoms. The minimum Gasteiger partial charge on any atom is -0.258 e. The number of rotatable bonds is 6. The van der Waals surface area contributed by atoms with Crippen LogP contribution in [0.4, 0.5) is 5.69 Å². The molecule has 0 aliphatic heterocycles. The predicted molar refractivity (Wildman–Crippen MR) is 85.7 cm³/mol. The molecule has 0 aliphatic rings. The van der Waals surface area contributed by atoms with E-state index in [9.17, 15) is 10.1 Å². The maximum atomic E-state index is 11.3. The number of hydrogen-bond donors (Lipinski definition) is 0. The highest BCUT2D eigenvalue weighted by Crippen LogP contribution is 2.27. The average molecular weight is 283 g/mol. The van der Waals surface area contributed by atoms with Gasteiger partial charge < -0.3 is 0 Å². The molecule has 0 N–H and O–H groups in total. The highest BCUT2D eigenvalue weighted by atomic mass is 16.6. The molecule has 0 amide bonds. The maximum absolute atomic E-state index is 11.3. The minimum atomic E-state index is -0.258. The molecule has 0 fully saturated rings. The Hall–Kier alpha value is -2.16. The van der Waals surface area contributed by atoms with Gasteiger partial charge in [0.1, 0.15) is 0 Å². The van der Waals surface area contributed by atoms with Crippen LogP contribution in [-0.2, 0) is 12.8 Å². The molecule has 110 valence electrons. The van der Waals surface area contributed by atoms with Crippen LogP contribution in [0.15, 0.2) is 48.5 Å². The number of benzene rings is 2. The van der Waals surface area contributed by atoms with Gasteiger partial charge in [0.15, 0.2) is 0 Å². The number of hydrogen-bond acceptors (Lipinski definition) is 2. The lowest BCUT2D eigenvalue weighted by atomic mass is 9.95. The molecule has 2 aromatic carbocycles. The van der Waals surface area contributed by atoms with Crippen molar-refractivity contribution in [2.45, 2.75) is 39.0 Å². The van der Waals surface area contributed by atoms with Crippen molar-refractivity contribution in [3.05, 3.63) is 75.3 Å². The van der Waals surface area contributed by atoms with E-state index >= 15 is 0 Å². The molecule has 0 heterocycles. The van der Waals surface area contributed by atoms with E-state index in [4.69, 9.17) is 0 Å². The van der Waals surface area contributed by atoms with Gasteiger partial charge in [0.05, 0.1) is 4.92 Å². The fourth-order valence-electron chi connectivity index (χ4n) is 2.43. The van der Waals surface area contributed by atoms with Gasteiger partial charge in [-0.15, -0.1) is 0 Å². The zero-order valence-corrected chi connectivity index (χ0v) is 12.6. The average Bonchev–Trinajstić information content (AvgIpc) is 2.52. The Kier molecular flexibility index (Phi) is 5.09. The molecule has 0 radical (unpaired) electrons. The molecular weight excluding hydrogens is 262 g/mol. The van der Waals surface area contributed by atoms with Crippen LogP contribution in [0.5, 0.6) is 0 Å². The van der Waals surface area contributed by atoms with Crippen LogP contribution in [0.1, 0.15) is 42.9 Å². The summed E-state index contributed by atoms with van der Waals surface area (Å²) < 4.78 is 0. The highest BCUT2D eigenvalue weighted by molar-refractivity contribution is 5.44. The van der Waals surface area contributed by atoms with Crippen molar-refractivity contribution >= 4 is 5.69 Å². The van der Waals surface area contributed by atoms with E-state index in [2.05, 4.69) is 26.0 Å². The van der Waals surface area contributed by atoms with Crippen LogP contribution in [0, 0.1) is 10.1 Å². The van der Waals surface area contributed by atoms with Crippen LogP contribution in [0.25, 0.3) is 0 Å². The van der Waals surface area contributed by atoms with E-state index in [0.717, 1.165) is 24.0 Å². The number of nitrogens with zero attached hydrogens (tertiary/aromatic N) is 1. The number of nitro groups is 1. The minimum absolute atomic E-state index is 0.253. The second-order valence-corrected chi connectivity index (χ2v) is 5.44. The van der Waals surface area contributed by atoms with Crippen molar-refractivity contribution in [1.82, 2.24) is 0 Å². The van der Waals surface area contributed by atoms with Crippen molar-refractivity contribution in [2.24, 2.45) is 0 Å². The molecule has 0 saturated carbocycles. The molecule has 0 saturated heterocycles. The summed E-state index contributed by atoms with van der Waals surface area (Å²) in [5.41, 5.74) is 3.32. The molecular formula is C18H21NO2. The summed E-state index contributed by atoms with van der Waals surface area (Å²) in [6.07, 6.45) is 2.51. The normalized spacial score (nSPS) is 12.1. The molecule has 3 nitrogen and oxygen atoms in total. The second-order valence-electron chi connectivity index (χ2n) is 5.44. The second kappa shape index (κ2) is 7.02. The van der Waals surface area contributed by atoms with Crippen molar-refractivity contribution in [2.75, 3.05) is 0 Å². The first-order valence-corrected chi connectivity index (χ1v) is 7.43. The third-order valence-electron chi connectivity index (χ3n) is 4.01. The van der Waals surface area contributed by atoms with Crippen LogP contribution in [-0.4, -0.2) is 4.92 Å². The van der Waals surface area contributed by atoms with Gasteiger partial charge in [-0.1, -0.05) is 56.3 Å². The van der Waals surface area contributed by atoms with Gasteiger partial charge in [-0.05, 0) is 36.3 Å². The van der Waals surface area contributed by atoms with E-state index in [1.165, 1.54) is 5.56 Å². The first-order valence-electron chi connectivity index (χ1n) is 7.43. The van der Waals surface area contributed by atoms with E-state index in [1.807, 2.05) is 30.3 Å². The Balaban J connectivity index is 2.20. The fourth-order valence-corrected chi connectivity index (χ4v) is 2.43. The first-order chi connectivity index (χ1) is 10.1. The number of nitro benzene ring substituents is 1. The summed E-state index contributed by atoms with van der Waals surface area (Å²) in [6.45, 7) is 4.20. The molecule has 0 spiro atoms. The highest BCUT2D eigenvalue weighted by Gasteiger charge is 2.16. The van der Waals surface area contributed by atoms with E-state index in [1.54, 1.807) is 6.07 Å². The Labute approximate surface area is 125 Å². The van der Waals surface area contributed by atoms with Gasteiger partial charge in [-0.3, -0.25) is 10.1 Å². The van der Waals surface area contributed by atoms with Crippen LogP contribution in [0.2, 0.25) is 0 Å². The van der Waals surface area contributed by atoms with Gasteiger partial charge in [-0.2, -0.15) is 0 Å². The summed E-state index contributed by atoms with van der Waals surface area (Å²) in [6, 6.07) is 15.8. The fraction of sp³-hybridized carbons (Fsp3) is 0.333. The van der Waals surface area contributed by atoms with Gasteiger partial charge in [0.2, 0.25) is 0 Å². The summed E-state index contributed by atoms with van der Waals surface area (Å²) in [4.78, 5) is 11.0. The van der Waals surface area contributed by atoms with E-state index < -0.39 is 0 Å². The summed E-state index contributed by atoms with van der Waals surface area (Å²) in [5, 5.41) is 11.3. The van der Waals surface area contributed by atoms with Gasteiger partial charge in [0.25, 0.3) is 5.69 Å². The van der Waals surface area contributed by atoms with Crippen molar-refractivity contribution in [3.8, 4) is 0 Å². The summed E-state index contributed by atoms with van der Waals surface area (Å²) in [7, 11) is 0. The predicted octanol–water partition coefficient (Wildman–Crippen LogP) is 4.89. The molecule has 1 atom stereocenters. The Bertz CT molecular complexity index is 608. The third-order valence-corrected chi connectivity index (χ3v) is 4.01. The zero-order valence-electron chi connectivity index (χ0n) is 12.6. The zero-order chi connectivity index (χ0) is 15.2. The van der Waals surface area contributed by atoms with Crippen molar-refractivity contribution in [1.29, 1.82) is 0 Å². The summed E-state index contributed by atoms with van der Waals surface area (Å²) >= 11 is 0. The number of aryl methyl sites for hydroxylation is 2. The molecule has 0 unspecified atom stereocenters. The Morgan fingerprint density at radius 2 is 1.81 bits per heavy atom. The van der Waals surface area contributed by atoms with E-state index in [-0.39, 0.29) is 10.6 Å². The lowest BCUT2D eigenvalue weighted by Gasteiger charge is -2.10. The van der Waals surface area contributed by atoms with Crippen LogP contribution < -0.4 is 0 Å².